The first-order valence-electron chi connectivity index (χ1n) is 11.1. The van der Waals surface area contributed by atoms with Crippen LogP contribution in [0.25, 0.3) is 21.3 Å². The summed E-state index contributed by atoms with van der Waals surface area (Å²) < 4.78 is 21.5. The molecular weight excluding hydrogens is 471 g/mol. The minimum Gasteiger partial charge on any atom is -0.437 e. The van der Waals surface area contributed by atoms with Gasteiger partial charge in [0.15, 0.2) is 0 Å². The summed E-state index contributed by atoms with van der Waals surface area (Å²) in [6, 6.07) is 4.37. The lowest BCUT2D eigenvalue weighted by Crippen LogP contribution is -2.23. The molecule has 0 aliphatic heterocycles. The van der Waals surface area contributed by atoms with Gasteiger partial charge >= 0.3 is 0 Å². The average Bonchev–Trinajstić information content (AvgIpc) is 3.39. The molecular formula is C25H27FN4O4S. The van der Waals surface area contributed by atoms with Crippen molar-refractivity contribution in [1.82, 2.24) is 19.9 Å². The van der Waals surface area contributed by atoms with Crippen molar-refractivity contribution >= 4 is 28.1 Å². The van der Waals surface area contributed by atoms with E-state index >= 15 is 0 Å². The monoisotopic (exact) mass is 498 g/mol. The fourth-order valence-corrected chi connectivity index (χ4v) is 4.87. The number of ether oxygens (including phenoxy) is 1. The zero-order chi connectivity index (χ0) is 25.7. The summed E-state index contributed by atoms with van der Waals surface area (Å²) >= 11 is 1.22. The van der Waals surface area contributed by atoms with Crippen molar-refractivity contribution in [2.75, 3.05) is 6.54 Å². The first-order valence-corrected chi connectivity index (χ1v) is 11.9. The van der Waals surface area contributed by atoms with Gasteiger partial charge in [-0.3, -0.25) is 9.59 Å². The summed E-state index contributed by atoms with van der Waals surface area (Å²) in [5, 5.41) is 14.3. The van der Waals surface area contributed by atoms with Gasteiger partial charge in [0.2, 0.25) is 5.88 Å². The summed E-state index contributed by atoms with van der Waals surface area (Å²) in [5.74, 6) is -0.0238. The van der Waals surface area contributed by atoms with Crippen molar-refractivity contribution in [2.45, 2.75) is 40.2 Å². The second-order valence-corrected chi connectivity index (χ2v) is 9.97. The lowest BCUT2D eigenvalue weighted by atomic mass is 10.1. The van der Waals surface area contributed by atoms with E-state index in [4.69, 9.17) is 4.74 Å². The van der Waals surface area contributed by atoms with Gasteiger partial charge in [0.1, 0.15) is 38.3 Å². The second kappa shape index (κ2) is 8.94. The highest BCUT2D eigenvalue weighted by molar-refractivity contribution is 7.15. The van der Waals surface area contributed by atoms with Gasteiger partial charge in [-0.15, -0.1) is 11.3 Å². The number of aromatic nitrogens is 3. The number of H-pyrrole nitrogens is 1. The molecule has 8 nitrogen and oxygen atoms in total. The topological polar surface area (TPSA) is 109 Å². The largest absolute Gasteiger partial charge is 0.437 e. The first kappa shape index (κ1) is 24.6. The predicted molar refractivity (Wildman–Crippen MR) is 134 cm³/mol. The van der Waals surface area contributed by atoms with Gasteiger partial charge in [-0.1, -0.05) is 0 Å². The van der Waals surface area contributed by atoms with Gasteiger partial charge in [0.25, 0.3) is 11.5 Å². The Bertz CT molecular complexity index is 1490. The summed E-state index contributed by atoms with van der Waals surface area (Å²) in [6.07, 6.45) is 1.65. The van der Waals surface area contributed by atoms with E-state index in [1.165, 1.54) is 28.0 Å². The molecule has 35 heavy (non-hydrogen) atoms. The molecule has 0 aliphatic carbocycles. The molecule has 0 saturated carbocycles. The number of halogens is 1. The van der Waals surface area contributed by atoms with E-state index in [1.807, 2.05) is 6.92 Å². The Morgan fingerprint density at radius 3 is 2.54 bits per heavy atom. The third kappa shape index (κ3) is 4.59. The van der Waals surface area contributed by atoms with Crippen LogP contribution in [-0.4, -0.2) is 32.1 Å². The van der Waals surface area contributed by atoms with E-state index in [2.05, 4.69) is 15.3 Å². The Morgan fingerprint density at radius 1 is 1.29 bits per heavy atom. The number of fused-ring (bicyclic) bond motifs is 1. The number of rotatable bonds is 6. The maximum Gasteiger partial charge on any atom is 0.274 e. The maximum atomic E-state index is 13.9. The van der Waals surface area contributed by atoms with E-state index in [9.17, 15) is 19.1 Å². The summed E-state index contributed by atoms with van der Waals surface area (Å²) in [6.45, 7) is 8.97. The maximum absolute atomic E-state index is 13.9. The molecule has 4 rings (SSSR count). The van der Waals surface area contributed by atoms with Gasteiger partial charge in [-0.2, -0.15) is 0 Å². The molecule has 1 aromatic carbocycles. The number of aryl methyl sites for hydroxylation is 3. The number of carbonyl (C=O) groups is 1. The average molecular weight is 499 g/mol. The lowest BCUT2D eigenvalue weighted by Gasteiger charge is -2.13. The molecule has 3 N–H and O–H groups in total. The number of amides is 1. The molecule has 0 bridgehead atoms. The van der Waals surface area contributed by atoms with Gasteiger partial charge in [0.05, 0.1) is 0 Å². The molecule has 1 amide bonds. The van der Waals surface area contributed by atoms with Crippen molar-refractivity contribution in [3.8, 4) is 22.1 Å². The quantitative estimate of drug-likeness (QED) is 0.362. The third-order valence-electron chi connectivity index (χ3n) is 5.53. The minimum absolute atomic E-state index is 0.214. The number of hydrogen-bond acceptors (Lipinski definition) is 6. The molecule has 4 aromatic rings. The summed E-state index contributed by atoms with van der Waals surface area (Å²) in [5.41, 5.74) is 0.774. The minimum atomic E-state index is -1.25. The number of hydrogen-bond donors (Lipinski definition) is 3. The van der Waals surface area contributed by atoms with Crippen LogP contribution in [0.5, 0.6) is 11.6 Å². The first-order chi connectivity index (χ1) is 16.4. The molecule has 0 unspecified atom stereocenters. The Morgan fingerprint density at radius 2 is 1.94 bits per heavy atom. The normalized spacial score (nSPS) is 11.8. The number of pyridine rings is 1. The Hall–Kier alpha value is -3.50. The highest BCUT2D eigenvalue weighted by atomic mass is 32.1. The van der Waals surface area contributed by atoms with Crippen molar-refractivity contribution in [1.29, 1.82) is 0 Å². The van der Waals surface area contributed by atoms with Crippen molar-refractivity contribution in [3.05, 3.63) is 62.4 Å². The van der Waals surface area contributed by atoms with E-state index in [-0.39, 0.29) is 34.4 Å². The molecule has 0 radical (unpaired) electrons. The Kier molecular flexibility index (Phi) is 6.29. The molecule has 184 valence electrons. The molecule has 0 saturated heterocycles. The van der Waals surface area contributed by atoms with E-state index in [0.29, 0.717) is 44.3 Å². The number of nitrogens with one attached hydrogen (secondary N) is 2. The summed E-state index contributed by atoms with van der Waals surface area (Å²) in [4.78, 5) is 33.4. The Labute approximate surface area is 205 Å². The van der Waals surface area contributed by atoms with Crippen molar-refractivity contribution in [2.24, 2.45) is 7.05 Å². The van der Waals surface area contributed by atoms with Crippen LogP contribution in [0.1, 0.15) is 47.4 Å². The molecule has 10 heteroatoms. The number of aliphatic hydroxyl groups is 1. The van der Waals surface area contributed by atoms with Crippen molar-refractivity contribution in [3.63, 3.8) is 0 Å². The zero-order valence-corrected chi connectivity index (χ0v) is 21.2. The lowest BCUT2D eigenvalue weighted by molar-refractivity contribution is 0.0778. The molecule has 3 aromatic heterocycles. The zero-order valence-electron chi connectivity index (χ0n) is 20.4. The Balaban J connectivity index is 1.97. The molecule has 3 heterocycles. The predicted octanol–water partition coefficient (Wildman–Crippen LogP) is 4.52. The molecule has 0 spiro atoms. The fraction of sp³-hybridized carbons (Fsp3) is 0.320. The number of thiazole rings is 1. The standard InChI is InChI=1S/C25H27FN4O4S/c1-7-27-21(31)17-10-15-16(11-30(6)23(32)18(15)28-17)20-22(29-24(35-20)25(4,5)33)34-19-12(2)8-14(26)9-13(19)3/h8-11,28,33H,7H2,1-6H3,(H,27,31). The van der Waals surface area contributed by atoms with Crippen LogP contribution in [0, 0.1) is 19.7 Å². The van der Waals surface area contributed by atoms with Crippen LogP contribution in [0.2, 0.25) is 0 Å². The number of benzene rings is 1. The van der Waals surface area contributed by atoms with E-state index in [1.54, 1.807) is 47.0 Å². The van der Waals surface area contributed by atoms with Gasteiger partial charge in [-0.25, -0.2) is 9.37 Å². The van der Waals surface area contributed by atoms with E-state index < -0.39 is 5.60 Å². The number of carbonyl (C=O) groups excluding carboxylic acids is 1. The fourth-order valence-electron chi connectivity index (χ4n) is 3.86. The summed E-state index contributed by atoms with van der Waals surface area (Å²) in [7, 11) is 1.62. The molecule has 0 fully saturated rings. The van der Waals surface area contributed by atoms with Crippen molar-refractivity contribution < 1.29 is 19.0 Å². The van der Waals surface area contributed by atoms with Crippen LogP contribution >= 0.6 is 11.3 Å². The highest BCUT2D eigenvalue weighted by Crippen LogP contribution is 2.44. The van der Waals surface area contributed by atoms with Crippen LogP contribution in [0.3, 0.4) is 0 Å². The molecule has 0 atom stereocenters. The van der Waals surface area contributed by atoms with Crippen LogP contribution < -0.4 is 15.6 Å². The van der Waals surface area contributed by atoms with Crippen LogP contribution in [-0.2, 0) is 12.6 Å². The second-order valence-electron chi connectivity index (χ2n) is 8.97. The van der Waals surface area contributed by atoms with Gasteiger partial charge in [-0.05, 0) is 63.9 Å². The van der Waals surface area contributed by atoms with E-state index in [0.717, 1.165) is 0 Å². The molecule has 0 aliphatic rings. The van der Waals surface area contributed by atoms with Crippen LogP contribution in [0.15, 0.2) is 29.2 Å². The van der Waals surface area contributed by atoms with Gasteiger partial charge < -0.3 is 24.7 Å². The third-order valence-corrected chi connectivity index (χ3v) is 6.92. The van der Waals surface area contributed by atoms with Crippen LogP contribution in [0.4, 0.5) is 4.39 Å². The smallest absolute Gasteiger partial charge is 0.274 e. The number of aromatic amines is 1. The van der Waals surface area contributed by atoms with Gasteiger partial charge in [0, 0.05) is 30.7 Å². The SMILES string of the molecule is CCNC(=O)c1cc2c(-c3sc(C(C)(C)O)nc3Oc3c(C)cc(F)cc3C)cn(C)c(=O)c2[nH]1. The highest BCUT2D eigenvalue weighted by Gasteiger charge is 2.28. The number of nitrogens with zero attached hydrogens (tertiary/aromatic N) is 2.